The zero-order valence-corrected chi connectivity index (χ0v) is 23.6. The summed E-state index contributed by atoms with van der Waals surface area (Å²) in [7, 11) is 1.35. The van der Waals surface area contributed by atoms with E-state index in [4.69, 9.17) is 8.85 Å². The summed E-state index contributed by atoms with van der Waals surface area (Å²) in [6.07, 6.45) is 3.11. The number of anilines is 4. The van der Waals surface area contributed by atoms with Crippen LogP contribution in [-0.2, 0) is 4.79 Å². The summed E-state index contributed by atoms with van der Waals surface area (Å²) in [6.45, 7) is -2.80. The quantitative estimate of drug-likeness (QED) is 0.288. The van der Waals surface area contributed by atoms with Gasteiger partial charge in [-0.2, -0.15) is 5.26 Å². The van der Waals surface area contributed by atoms with Crippen molar-refractivity contribution in [2.75, 3.05) is 30.0 Å². The highest BCUT2D eigenvalue weighted by Crippen LogP contribution is 2.48. The number of aromatic nitrogens is 2. The molecule has 0 unspecified atom stereocenters. The van der Waals surface area contributed by atoms with Gasteiger partial charge in [-0.05, 0) is 68.0 Å². The summed E-state index contributed by atoms with van der Waals surface area (Å²) in [5.41, 5.74) is 0.795. The minimum atomic E-state index is -2.80. The Kier molecular flexibility index (Phi) is 6.62. The molecule has 4 N–H and O–H groups in total. The molecule has 0 spiro atoms. The average molecular weight is 598 g/mol. The van der Waals surface area contributed by atoms with Crippen LogP contribution in [0.15, 0.2) is 48.5 Å². The van der Waals surface area contributed by atoms with Crippen molar-refractivity contribution in [3.05, 3.63) is 65.4 Å². The molecule has 1 aliphatic heterocycles. The molecule has 224 valence electrons. The van der Waals surface area contributed by atoms with E-state index < -0.39 is 24.8 Å². The summed E-state index contributed by atoms with van der Waals surface area (Å²) >= 11 is 0. The summed E-state index contributed by atoms with van der Waals surface area (Å²) in [4.78, 5) is 53.3. The fraction of sp³-hybridized carbons (Fsp3) is 0.323. The molecule has 2 saturated carbocycles. The molecule has 44 heavy (non-hydrogen) atoms. The molecule has 13 nitrogen and oxygen atoms in total. The molecule has 4 amide bonds. The number of benzene rings is 2. The molecular weight excluding hydrogens is 564 g/mol. The van der Waals surface area contributed by atoms with Gasteiger partial charge in [-0.3, -0.25) is 19.2 Å². The maximum Gasteiger partial charge on any atom is 0.273 e. The van der Waals surface area contributed by atoms with Crippen molar-refractivity contribution in [3.63, 3.8) is 0 Å². The highest BCUT2D eigenvalue weighted by molar-refractivity contribution is 6.08. The summed E-state index contributed by atoms with van der Waals surface area (Å²) in [5.74, 6) is -1.66. The van der Waals surface area contributed by atoms with Crippen LogP contribution in [0.2, 0.25) is 0 Å². The molecule has 2 aromatic carbocycles. The molecule has 3 aromatic rings. The maximum atomic E-state index is 13.4. The summed E-state index contributed by atoms with van der Waals surface area (Å²) in [6, 6.07) is 14.3. The Morgan fingerprint density at radius 3 is 2.52 bits per heavy atom. The van der Waals surface area contributed by atoms with E-state index in [1.165, 1.54) is 19.2 Å². The molecule has 3 fully saturated rings. The number of fused-ring (bicyclic) bond motifs is 1. The van der Waals surface area contributed by atoms with Crippen LogP contribution >= 0.6 is 0 Å². The van der Waals surface area contributed by atoms with E-state index in [0.717, 1.165) is 19.3 Å². The zero-order valence-electron chi connectivity index (χ0n) is 26.6. The number of rotatable bonds is 9. The molecule has 13 heteroatoms. The van der Waals surface area contributed by atoms with E-state index in [1.807, 2.05) is 5.32 Å². The lowest BCUT2D eigenvalue weighted by molar-refractivity contribution is -0.117. The van der Waals surface area contributed by atoms with E-state index in [1.54, 1.807) is 41.3 Å². The van der Waals surface area contributed by atoms with E-state index in [0.29, 0.717) is 23.6 Å². The van der Waals surface area contributed by atoms with Crippen LogP contribution in [0.25, 0.3) is 0 Å². The molecule has 1 saturated heterocycles. The predicted octanol–water partition coefficient (Wildman–Crippen LogP) is 3.32. The van der Waals surface area contributed by atoms with E-state index in [2.05, 4.69) is 32.2 Å². The molecular formula is C31H30N8O5. The van der Waals surface area contributed by atoms with E-state index >= 15 is 0 Å². The fourth-order valence-electron chi connectivity index (χ4n) is 5.44. The van der Waals surface area contributed by atoms with Gasteiger partial charge < -0.3 is 30.9 Å². The number of methoxy groups -OCH3 is 1. The Hall–Kier alpha value is -5.51. The number of nitriles is 1. The second-order valence-electron chi connectivity index (χ2n) is 10.9. The Labute approximate surface area is 257 Å². The second-order valence-corrected chi connectivity index (χ2v) is 10.9. The number of carbonyl (C=O) groups is 4. The van der Waals surface area contributed by atoms with Crippen molar-refractivity contribution < 1.29 is 28.0 Å². The first kappa shape index (κ1) is 25.0. The standard InChI is InChI=1S/C31H30N8O5/c1-33-30(42)26-23(14-25(37-38-26)36-28(40)16-6-7-16)35-22-5-3-4-21(27(22)44-2)29(41)34-19-10-8-17(9-11-19)31(43)39-20(15-32)12-18-13-24(18)39/h3-5,8-11,14,16,18,20,24H,6-7,12-13H2,1-2H3,(H,33,42)(H,34,41)(H2,35,36,37,40)/t18-,20+,24+/m1/s1/i1D3. The molecule has 0 radical (unpaired) electrons. The van der Waals surface area contributed by atoms with Crippen LogP contribution in [0.3, 0.4) is 0 Å². The third-order valence-corrected chi connectivity index (χ3v) is 7.93. The van der Waals surface area contributed by atoms with Crippen molar-refractivity contribution >= 4 is 46.5 Å². The Morgan fingerprint density at radius 1 is 1.02 bits per heavy atom. The summed E-state index contributed by atoms with van der Waals surface area (Å²) < 4.78 is 27.8. The van der Waals surface area contributed by atoms with Crippen LogP contribution in [0.5, 0.6) is 5.75 Å². The number of carbonyl (C=O) groups excluding carboxylic acids is 4. The highest BCUT2D eigenvalue weighted by atomic mass is 16.5. The van der Waals surface area contributed by atoms with Crippen LogP contribution in [-0.4, -0.2) is 64.9 Å². The first-order chi connectivity index (χ1) is 22.5. The number of ether oxygens (including phenoxy) is 1. The molecule has 3 atom stereocenters. The van der Waals surface area contributed by atoms with Gasteiger partial charge in [-0.1, -0.05) is 6.07 Å². The topological polar surface area (TPSA) is 178 Å². The number of amides is 4. The number of hydrogen-bond acceptors (Lipinski definition) is 9. The molecule has 2 aliphatic carbocycles. The van der Waals surface area contributed by atoms with Gasteiger partial charge in [0.25, 0.3) is 17.7 Å². The third kappa shape index (κ3) is 5.61. The number of nitrogens with zero attached hydrogens (tertiary/aromatic N) is 4. The molecule has 1 aromatic heterocycles. The lowest BCUT2D eigenvalue weighted by Gasteiger charge is -2.22. The lowest BCUT2D eigenvalue weighted by Crippen LogP contribution is -2.37. The van der Waals surface area contributed by atoms with Crippen LogP contribution in [0.1, 0.15) is 61.0 Å². The molecule has 2 heterocycles. The largest absolute Gasteiger partial charge is 0.494 e. The van der Waals surface area contributed by atoms with Gasteiger partial charge in [-0.15, -0.1) is 10.2 Å². The van der Waals surface area contributed by atoms with Crippen LogP contribution in [0.4, 0.5) is 22.9 Å². The van der Waals surface area contributed by atoms with Crippen molar-refractivity contribution in [3.8, 4) is 11.8 Å². The first-order valence-corrected chi connectivity index (χ1v) is 14.0. The normalized spacial score (nSPS) is 21.0. The summed E-state index contributed by atoms with van der Waals surface area (Å²) in [5, 5.41) is 27.4. The van der Waals surface area contributed by atoms with Crippen molar-refractivity contribution in [2.24, 2.45) is 11.8 Å². The van der Waals surface area contributed by atoms with Crippen molar-refractivity contribution in [2.45, 2.75) is 37.8 Å². The van der Waals surface area contributed by atoms with Gasteiger partial charge in [-0.25, -0.2) is 0 Å². The highest BCUT2D eigenvalue weighted by Gasteiger charge is 2.54. The zero-order chi connectivity index (χ0) is 33.5. The van der Waals surface area contributed by atoms with Gasteiger partial charge in [0, 0.05) is 40.4 Å². The predicted molar refractivity (Wildman–Crippen MR) is 160 cm³/mol. The van der Waals surface area contributed by atoms with E-state index in [-0.39, 0.29) is 58.0 Å². The van der Waals surface area contributed by atoms with Crippen LogP contribution < -0.4 is 26.0 Å². The monoisotopic (exact) mass is 597 g/mol. The average Bonchev–Trinajstić information content (AvgIpc) is 3.98. The SMILES string of the molecule is [2H]C([2H])([2H])NC(=O)c1nnc(NC(=O)C2CC2)cc1Nc1cccc(C(=O)Nc2ccc(C(=O)N3[C@H](C#N)C[C@@H]4C[C@@H]43)cc2)c1OC. The van der Waals surface area contributed by atoms with E-state index in [9.17, 15) is 24.4 Å². The minimum absolute atomic E-state index is 0.00174. The Bertz CT molecular complexity index is 1810. The number of para-hydroxylation sites is 1. The first-order valence-electron chi connectivity index (χ1n) is 15.5. The number of hydrogen-bond donors (Lipinski definition) is 4. The molecule has 6 rings (SSSR count). The minimum Gasteiger partial charge on any atom is -0.494 e. The third-order valence-electron chi connectivity index (χ3n) is 7.93. The number of nitrogens with one attached hydrogen (secondary N) is 4. The van der Waals surface area contributed by atoms with Gasteiger partial charge in [0.15, 0.2) is 17.3 Å². The van der Waals surface area contributed by atoms with Gasteiger partial charge in [0.05, 0.1) is 30.1 Å². The number of likely N-dealkylation sites (tertiary alicyclic amines) is 1. The Balaban J connectivity index is 1.22. The van der Waals surface area contributed by atoms with Gasteiger partial charge in [0.1, 0.15) is 6.04 Å². The lowest BCUT2D eigenvalue weighted by atomic mass is 10.1. The maximum absolute atomic E-state index is 13.4. The van der Waals surface area contributed by atoms with Crippen LogP contribution in [0, 0.1) is 23.2 Å². The van der Waals surface area contributed by atoms with Gasteiger partial charge in [0.2, 0.25) is 5.91 Å². The molecule has 0 bridgehead atoms. The Morgan fingerprint density at radius 2 is 1.82 bits per heavy atom. The number of piperidine rings is 1. The smallest absolute Gasteiger partial charge is 0.273 e. The van der Waals surface area contributed by atoms with Gasteiger partial charge >= 0.3 is 0 Å². The second kappa shape index (κ2) is 11.6. The van der Waals surface area contributed by atoms with Crippen molar-refractivity contribution in [1.82, 2.24) is 20.4 Å². The molecule has 3 aliphatic rings. The fourth-order valence-corrected chi connectivity index (χ4v) is 5.44. The van der Waals surface area contributed by atoms with Crippen molar-refractivity contribution in [1.29, 1.82) is 5.26 Å².